The smallest absolute Gasteiger partial charge is 0.0109 e. The molecule has 0 spiro atoms. The molecule has 1 aromatic carbocycles. The van der Waals surface area contributed by atoms with Gasteiger partial charge in [0.15, 0.2) is 0 Å². The van der Waals surface area contributed by atoms with E-state index in [1.165, 1.54) is 30.4 Å². The maximum absolute atomic E-state index is 3.52. The highest BCUT2D eigenvalue weighted by Gasteiger charge is 2.13. The number of aryl methyl sites for hydroxylation is 1. The predicted molar refractivity (Wildman–Crippen MR) is 62.6 cm³/mol. The van der Waals surface area contributed by atoms with Crippen LogP contribution in [0, 0.1) is 6.07 Å². The molecular weight excluding hydrogens is 168 g/mol. The highest BCUT2D eigenvalue weighted by molar-refractivity contribution is 5.27. The van der Waals surface area contributed by atoms with Crippen molar-refractivity contribution >= 4 is 0 Å². The summed E-state index contributed by atoms with van der Waals surface area (Å²) >= 11 is 0. The average Bonchev–Trinajstić information content (AvgIpc) is 2.14. The summed E-state index contributed by atoms with van der Waals surface area (Å²) in [5, 5.41) is 0. The minimum Gasteiger partial charge on any atom is -0.0654 e. The normalized spacial score (nSPS) is 11.7. The SMILES string of the molecule is CCCCc1[c]c(C(C)(C)C)ccc1. The largest absolute Gasteiger partial charge is 0.0654 e. The molecule has 0 fully saturated rings. The summed E-state index contributed by atoms with van der Waals surface area (Å²) in [6, 6.07) is 10.0. The zero-order valence-corrected chi connectivity index (χ0v) is 9.85. The molecule has 0 saturated heterocycles. The Balaban J connectivity index is 2.79. The van der Waals surface area contributed by atoms with Crippen molar-refractivity contribution in [1.82, 2.24) is 0 Å². The van der Waals surface area contributed by atoms with Crippen LogP contribution < -0.4 is 0 Å². The van der Waals surface area contributed by atoms with Crippen LogP contribution in [0.4, 0.5) is 0 Å². The van der Waals surface area contributed by atoms with E-state index < -0.39 is 0 Å². The molecule has 0 atom stereocenters. The summed E-state index contributed by atoms with van der Waals surface area (Å²) in [4.78, 5) is 0. The maximum Gasteiger partial charge on any atom is -0.0109 e. The lowest BCUT2D eigenvalue weighted by atomic mass is 9.86. The van der Waals surface area contributed by atoms with Crippen LogP contribution in [-0.2, 0) is 11.8 Å². The molecule has 0 aromatic heterocycles. The quantitative estimate of drug-likeness (QED) is 0.670. The van der Waals surface area contributed by atoms with E-state index in [9.17, 15) is 0 Å². The van der Waals surface area contributed by atoms with Gasteiger partial charge in [-0.25, -0.2) is 0 Å². The van der Waals surface area contributed by atoms with Crippen LogP contribution in [0.5, 0.6) is 0 Å². The van der Waals surface area contributed by atoms with Crippen LogP contribution in [0.1, 0.15) is 51.7 Å². The first kappa shape index (κ1) is 11.3. The molecule has 0 saturated carbocycles. The lowest BCUT2D eigenvalue weighted by Crippen LogP contribution is -2.11. The standard InChI is InChI=1S/C14H21/c1-5-6-8-12-9-7-10-13(11-12)14(2,3)4/h7,9-10H,5-6,8H2,1-4H3. The number of benzene rings is 1. The van der Waals surface area contributed by atoms with Gasteiger partial charge in [-0.15, -0.1) is 0 Å². The summed E-state index contributed by atoms with van der Waals surface area (Å²) in [5.74, 6) is 0. The van der Waals surface area contributed by atoms with Crippen molar-refractivity contribution in [2.45, 2.75) is 52.4 Å². The van der Waals surface area contributed by atoms with Gasteiger partial charge in [-0.2, -0.15) is 0 Å². The van der Waals surface area contributed by atoms with E-state index in [1.54, 1.807) is 0 Å². The number of hydrogen-bond acceptors (Lipinski definition) is 0. The van der Waals surface area contributed by atoms with Gasteiger partial charge in [0.2, 0.25) is 0 Å². The third kappa shape index (κ3) is 3.17. The second kappa shape index (κ2) is 4.63. The van der Waals surface area contributed by atoms with Crippen LogP contribution in [-0.4, -0.2) is 0 Å². The van der Waals surface area contributed by atoms with Gasteiger partial charge in [0, 0.05) is 0 Å². The van der Waals surface area contributed by atoms with E-state index in [1.807, 2.05) is 0 Å². The van der Waals surface area contributed by atoms with Crippen molar-refractivity contribution in [3.8, 4) is 0 Å². The van der Waals surface area contributed by atoms with Gasteiger partial charge in [0.25, 0.3) is 0 Å². The van der Waals surface area contributed by atoms with Gasteiger partial charge < -0.3 is 0 Å². The fraction of sp³-hybridized carbons (Fsp3) is 0.571. The molecule has 1 radical (unpaired) electrons. The molecule has 0 nitrogen and oxygen atoms in total. The van der Waals surface area contributed by atoms with Crippen molar-refractivity contribution in [2.24, 2.45) is 0 Å². The van der Waals surface area contributed by atoms with Crippen LogP contribution in [0.3, 0.4) is 0 Å². The van der Waals surface area contributed by atoms with Gasteiger partial charge in [0.1, 0.15) is 0 Å². The van der Waals surface area contributed by atoms with E-state index in [0.717, 1.165) is 0 Å². The lowest BCUT2D eigenvalue weighted by molar-refractivity contribution is 0.587. The molecule has 0 aliphatic carbocycles. The van der Waals surface area contributed by atoms with E-state index in [0.29, 0.717) is 0 Å². The predicted octanol–water partition coefficient (Wildman–Crippen LogP) is 4.13. The van der Waals surface area contributed by atoms with Gasteiger partial charge in [-0.05, 0) is 35.4 Å². The van der Waals surface area contributed by atoms with Gasteiger partial charge in [-0.1, -0.05) is 52.3 Å². The van der Waals surface area contributed by atoms with Crippen LogP contribution >= 0.6 is 0 Å². The molecule has 0 aliphatic rings. The topological polar surface area (TPSA) is 0 Å². The Kier molecular flexibility index (Phi) is 3.74. The third-order valence-electron chi connectivity index (χ3n) is 2.46. The number of rotatable bonds is 3. The van der Waals surface area contributed by atoms with Crippen molar-refractivity contribution < 1.29 is 0 Å². The van der Waals surface area contributed by atoms with Crippen molar-refractivity contribution in [3.05, 3.63) is 35.4 Å². The Morgan fingerprint density at radius 3 is 2.50 bits per heavy atom. The zero-order chi connectivity index (χ0) is 10.6. The molecule has 0 unspecified atom stereocenters. The highest BCUT2D eigenvalue weighted by Crippen LogP contribution is 2.22. The summed E-state index contributed by atoms with van der Waals surface area (Å²) in [6.45, 7) is 8.95. The molecule has 77 valence electrons. The van der Waals surface area contributed by atoms with Crippen LogP contribution in [0.15, 0.2) is 18.2 Å². The minimum absolute atomic E-state index is 0.224. The lowest BCUT2D eigenvalue weighted by Gasteiger charge is -2.19. The summed E-state index contributed by atoms with van der Waals surface area (Å²) in [6.07, 6.45) is 3.69. The van der Waals surface area contributed by atoms with E-state index in [2.05, 4.69) is 52.0 Å². The zero-order valence-electron chi connectivity index (χ0n) is 9.85. The summed E-state index contributed by atoms with van der Waals surface area (Å²) < 4.78 is 0. The molecule has 14 heavy (non-hydrogen) atoms. The molecule has 0 heteroatoms. The van der Waals surface area contributed by atoms with Crippen molar-refractivity contribution in [1.29, 1.82) is 0 Å². The van der Waals surface area contributed by atoms with Gasteiger partial charge in [0.05, 0.1) is 0 Å². The molecule has 0 aliphatic heterocycles. The Labute approximate surface area is 88.4 Å². The van der Waals surface area contributed by atoms with Crippen LogP contribution in [0.2, 0.25) is 0 Å². The summed E-state index contributed by atoms with van der Waals surface area (Å²) in [5.41, 5.74) is 2.91. The number of unbranched alkanes of at least 4 members (excludes halogenated alkanes) is 1. The van der Waals surface area contributed by atoms with E-state index >= 15 is 0 Å². The minimum atomic E-state index is 0.224. The highest BCUT2D eigenvalue weighted by atomic mass is 14.2. The summed E-state index contributed by atoms with van der Waals surface area (Å²) in [7, 11) is 0. The Morgan fingerprint density at radius 2 is 1.93 bits per heavy atom. The van der Waals surface area contributed by atoms with E-state index in [-0.39, 0.29) is 5.41 Å². The first-order valence-electron chi connectivity index (χ1n) is 5.55. The second-order valence-corrected chi connectivity index (χ2v) is 4.94. The molecule has 0 amide bonds. The Morgan fingerprint density at radius 1 is 1.21 bits per heavy atom. The van der Waals surface area contributed by atoms with Gasteiger partial charge in [-0.3, -0.25) is 0 Å². The Bertz CT molecular complexity index is 278. The monoisotopic (exact) mass is 189 g/mol. The number of hydrogen-bond donors (Lipinski definition) is 0. The third-order valence-corrected chi connectivity index (χ3v) is 2.46. The average molecular weight is 189 g/mol. The molecular formula is C14H21. The van der Waals surface area contributed by atoms with Gasteiger partial charge >= 0.3 is 0 Å². The van der Waals surface area contributed by atoms with E-state index in [4.69, 9.17) is 0 Å². The molecule has 1 rings (SSSR count). The fourth-order valence-electron chi connectivity index (χ4n) is 1.47. The molecule has 0 heterocycles. The molecule has 0 bridgehead atoms. The first-order chi connectivity index (χ1) is 6.54. The van der Waals surface area contributed by atoms with Crippen LogP contribution in [0.25, 0.3) is 0 Å². The van der Waals surface area contributed by atoms with Crippen molar-refractivity contribution in [3.63, 3.8) is 0 Å². The first-order valence-corrected chi connectivity index (χ1v) is 5.55. The molecule has 1 aromatic rings. The Hall–Kier alpha value is -0.780. The molecule has 0 N–H and O–H groups in total. The fourth-order valence-corrected chi connectivity index (χ4v) is 1.47. The maximum atomic E-state index is 3.52. The second-order valence-electron chi connectivity index (χ2n) is 4.94. The van der Waals surface area contributed by atoms with Crippen molar-refractivity contribution in [2.75, 3.05) is 0 Å².